The van der Waals surface area contributed by atoms with Gasteiger partial charge in [0.25, 0.3) is 0 Å². The lowest BCUT2D eigenvalue weighted by Crippen LogP contribution is -2.27. The predicted molar refractivity (Wildman–Crippen MR) is 51.7 cm³/mol. The average Bonchev–Trinajstić information content (AvgIpc) is 2.06. The van der Waals surface area contributed by atoms with Crippen LogP contribution in [0.4, 0.5) is 4.79 Å². The summed E-state index contributed by atoms with van der Waals surface area (Å²) < 4.78 is 4.90. The van der Waals surface area contributed by atoms with Gasteiger partial charge < -0.3 is 15.3 Å². The maximum Gasteiger partial charge on any atom is 0.404 e. The summed E-state index contributed by atoms with van der Waals surface area (Å²) in [7, 11) is 0. The highest BCUT2D eigenvalue weighted by atomic mass is 16.6. The summed E-state index contributed by atoms with van der Waals surface area (Å²) >= 11 is 0. The van der Waals surface area contributed by atoms with Crippen molar-refractivity contribution in [1.29, 1.82) is 0 Å². The van der Waals surface area contributed by atoms with Crippen LogP contribution in [0.2, 0.25) is 0 Å². The third-order valence-electron chi connectivity index (χ3n) is 2.65. The molecule has 0 heterocycles. The van der Waals surface area contributed by atoms with E-state index in [1.807, 2.05) is 0 Å². The molecule has 1 aliphatic carbocycles. The number of hydrogen-bond donors (Lipinski definition) is 1. The highest BCUT2D eigenvalue weighted by Gasteiger charge is 2.23. The van der Waals surface area contributed by atoms with Gasteiger partial charge in [0, 0.05) is 6.42 Å². The molecule has 1 saturated carbocycles. The van der Waals surface area contributed by atoms with Crippen LogP contribution in [0, 0.1) is 5.92 Å². The monoisotopic (exact) mass is 199 g/mol. The number of carbonyl (C=O) groups is 2. The lowest BCUT2D eigenvalue weighted by atomic mass is 9.84. The molecule has 2 N–H and O–H groups in total. The Morgan fingerprint density at radius 3 is 2.29 bits per heavy atom. The van der Waals surface area contributed by atoms with E-state index in [9.17, 15) is 9.59 Å². The van der Waals surface area contributed by atoms with Crippen molar-refractivity contribution in [2.24, 2.45) is 11.7 Å². The molecule has 0 aliphatic heterocycles. The molecule has 14 heavy (non-hydrogen) atoms. The number of carbonyl (C=O) groups excluding carboxylic acids is 2. The van der Waals surface area contributed by atoms with Gasteiger partial charge >= 0.3 is 6.09 Å². The summed E-state index contributed by atoms with van der Waals surface area (Å²) in [6.07, 6.45) is 3.51. The van der Waals surface area contributed by atoms with E-state index < -0.39 is 6.09 Å². The summed E-state index contributed by atoms with van der Waals surface area (Å²) in [4.78, 5) is 21.3. The lowest BCUT2D eigenvalue weighted by molar-refractivity contribution is -0.118. The minimum absolute atomic E-state index is 0.0318. The Hall–Kier alpha value is -1.06. The second kappa shape index (κ2) is 4.98. The molecule has 1 aliphatic rings. The summed E-state index contributed by atoms with van der Waals surface area (Å²) in [5.41, 5.74) is 4.92. The zero-order chi connectivity index (χ0) is 10.6. The van der Waals surface area contributed by atoms with Crippen LogP contribution in [0.15, 0.2) is 0 Å². The smallest absolute Gasteiger partial charge is 0.404 e. The third-order valence-corrected chi connectivity index (χ3v) is 2.65. The molecule has 80 valence electrons. The Labute approximate surface area is 83.8 Å². The molecule has 1 fully saturated rings. The Morgan fingerprint density at radius 2 is 1.86 bits per heavy atom. The molecule has 4 heteroatoms. The molecule has 0 unspecified atom stereocenters. The number of Topliss-reactive ketones (excluding diaryl/α,β-unsaturated/α-hetero) is 1. The molecule has 1 rings (SSSR count). The Bertz CT molecular complexity index is 195. The normalized spacial score (nSPS) is 26.9. The van der Waals surface area contributed by atoms with Crippen molar-refractivity contribution in [3.63, 3.8) is 0 Å². The first kappa shape index (κ1) is 11.0. The summed E-state index contributed by atoms with van der Waals surface area (Å²) in [5, 5.41) is 0. The molecular formula is C10H17NO3. The highest BCUT2D eigenvalue weighted by Crippen LogP contribution is 2.28. The fourth-order valence-corrected chi connectivity index (χ4v) is 2.02. The number of ketones is 1. The Morgan fingerprint density at radius 1 is 1.29 bits per heavy atom. The molecule has 0 aromatic heterocycles. The van der Waals surface area contributed by atoms with Gasteiger partial charge in [-0.3, -0.25) is 0 Å². The first-order valence-corrected chi connectivity index (χ1v) is 5.03. The number of rotatable bonds is 3. The van der Waals surface area contributed by atoms with Crippen LogP contribution in [0.25, 0.3) is 0 Å². The molecule has 0 bridgehead atoms. The molecule has 0 aromatic rings. The second-order valence-electron chi connectivity index (χ2n) is 3.99. The van der Waals surface area contributed by atoms with Gasteiger partial charge in [0.2, 0.25) is 0 Å². The van der Waals surface area contributed by atoms with E-state index in [-0.39, 0.29) is 11.9 Å². The van der Waals surface area contributed by atoms with E-state index in [0.29, 0.717) is 12.3 Å². The van der Waals surface area contributed by atoms with Crippen LogP contribution >= 0.6 is 0 Å². The molecule has 0 atom stereocenters. The second-order valence-corrected chi connectivity index (χ2v) is 3.99. The highest BCUT2D eigenvalue weighted by molar-refractivity contribution is 5.75. The van der Waals surface area contributed by atoms with Crippen LogP contribution in [-0.2, 0) is 9.53 Å². The topological polar surface area (TPSA) is 69.4 Å². The molecule has 1 amide bonds. The van der Waals surface area contributed by atoms with Crippen molar-refractivity contribution in [3.8, 4) is 0 Å². The van der Waals surface area contributed by atoms with Gasteiger partial charge in [0.1, 0.15) is 11.9 Å². The van der Waals surface area contributed by atoms with Crippen LogP contribution in [-0.4, -0.2) is 18.0 Å². The maximum absolute atomic E-state index is 10.9. The number of primary amides is 1. The van der Waals surface area contributed by atoms with Crippen LogP contribution in [0.3, 0.4) is 0 Å². The minimum atomic E-state index is -0.694. The van der Waals surface area contributed by atoms with Crippen molar-refractivity contribution < 1.29 is 14.3 Å². The van der Waals surface area contributed by atoms with Gasteiger partial charge in [-0.2, -0.15) is 0 Å². The van der Waals surface area contributed by atoms with Gasteiger partial charge in [-0.25, -0.2) is 4.79 Å². The van der Waals surface area contributed by atoms with Crippen molar-refractivity contribution in [2.75, 3.05) is 0 Å². The number of amides is 1. The van der Waals surface area contributed by atoms with E-state index in [0.717, 1.165) is 25.7 Å². The molecular weight excluding hydrogens is 182 g/mol. The van der Waals surface area contributed by atoms with Crippen molar-refractivity contribution in [2.45, 2.75) is 45.1 Å². The number of nitrogens with two attached hydrogens (primary N) is 1. The van der Waals surface area contributed by atoms with Gasteiger partial charge in [-0.1, -0.05) is 0 Å². The van der Waals surface area contributed by atoms with E-state index in [2.05, 4.69) is 0 Å². The predicted octanol–water partition coefficient (Wildman–Crippen LogP) is 1.62. The SMILES string of the molecule is CC(=O)C[C@H]1CC[C@H](OC(N)=O)CC1. The van der Waals surface area contributed by atoms with E-state index in [1.54, 1.807) is 6.92 Å². The molecule has 0 radical (unpaired) electrons. The third kappa shape index (κ3) is 3.77. The minimum Gasteiger partial charge on any atom is -0.446 e. The first-order chi connectivity index (χ1) is 6.58. The van der Waals surface area contributed by atoms with Gasteiger partial charge in [0.05, 0.1) is 0 Å². The van der Waals surface area contributed by atoms with Crippen LogP contribution in [0.5, 0.6) is 0 Å². The quantitative estimate of drug-likeness (QED) is 0.750. The van der Waals surface area contributed by atoms with Crippen molar-refractivity contribution >= 4 is 11.9 Å². The van der Waals surface area contributed by atoms with Crippen LogP contribution < -0.4 is 5.73 Å². The summed E-state index contributed by atoms with van der Waals surface area (Å²) in [5.74, 6) is 0.712. The Balaban J connectivity index is 2.24. The molecule has 0 spiro atoms. The zero-order valence-electron chi connectivity index (χ0n) is 8.49. The average molecular weight is 199 g/mol. The lowest BCUT2D eigenvalue weighted by Gasteiger charge is -2.27. The fraction of sp³-hybridized carbons (Fsp3) is 0.800. The van der Waals surface area contributed by atoms with Crippen molar-refractivity contribution in [1.82, 2.24) is 0 Å². The molecule has 0 aromatic carbocycles. The van der Waals surface area contributed by atoms with E-state index in [4.69, 9.17) is 10.5 Å². The van der Waals surface area contributed by atoms with Crippen molar-refractivity contribution in [3.05, 3.63) is 0 Å². The van der Waals surface area contributed by atoms with E-state index in [1.165, 1.54) is 0 Å². The van der Waals surface area contributed by atoms with Gasteiger partial charge in [-0.05, 0) is 38.5 Å². The largest absolute Gasteiger partial charge is 0.446 e. The first-order valence-electron chi connectivity index (χ1n) is 5.03. The van der Waals surface area contributed by atoms with Gasteiger partial charge in [-0.15, -0.1) is 0 Å². The number of hydrogen-bond acceptors (Lipinski definition) is 3. The summed E-state index contributed by atoms with van der Waals surface area (Å²) in [6, 6.07) is 0. The number of ether oxygens (including phenoxy) is 1. The maximum atomic E-state index is 10.9. The Kier molecular flexibility index (Phi) is 3.92. The fourth-order valence-electron chi connectivity index (χ4n) is 2.02. The van der Waals surface area contributed by atoms with E-state index >= 15 is 0 Å². The summed E-state index contributed by atoms with van der Waals surface area (Å²) in [6.45, 7) is 1.62. The molecule has 0 saturated heterocycles. The van der Waals surface area contributed by atoms with Crippen LogP contribution in [0.1, 0.15) is 39.0 Å². The van der Waals surface area contributed by atoms with Gasteiger partial charge in [0.15, 0.2) is 0 Å². The standard InChI is InChI=1S/C10H17NO3/c1-7(12)6-8-2-4-9(5-3-8)14-10(11)13/h8-9H,2-6H2,1H3,(H2,11,13)/t8-,9-. The molecule has 4 nitrogen and oxygen atoms in total. The zero-order valence-corrected chi connectivity index (χ0v) is 8.49.